The third kappa shape index (κ3) is 4.74. The van der Waals surface area contributed by atoms with Crippen LogP contribution in [0.25, 0.3) is 10.1 Å². The zero-order valence-corrected chi connectivity index (χ0v) is 19.5. The second-order valence-electron chi connectivity index (χ2n) is 7.45. The van der Waals surface area contributed by atoms with E-state index in [0.29, 0.717) is 27.9 Å². The second-order valence-corrected chi connectivity index (χ2v) is 8.88. The number of hydrogen-bond acceptors (Lipinski definition) is 4. The molecule has 0 radical (unpaired) electrons. The molecule has 0 fully saturated rings. The quantitative estimate of drug-likeness (QED) is 0.331. The van der Waals surface area contributed by atoms with E-state index in [-0.39, 0.29) is 11.8 Å². The van der Waals surface area contributed by atoms with E-state index in [1.54, 1.807) is 14.2 Å². The third-order valence-corrected chi connectivity index (χ3v) is 7.13. The number of carbonyl (C=O) groups excluding carboxylic acids is 1. The zero-order chi connectivity index (χ0) is 22.5. The van der Waals surface area contributed by atoms with E-state index in [0.717, 1.165) is 22.1 Å². The van der Waals surface area contributed by atoms with Gasteiger partial charge in [-0.2, -0.15) is 0 Å². The van der Waals surface area contributed by atoms with Crippen molar-refractivity contribution in [3.63, 3.8) is 0 Å². The van der Waals surface area contributed by atoms with Crippen LogP contribution in [0.5, 0.6) is 11.5 Å². The number of rotatable bonds is 8. The molecule has 6 heteroatoms. The number of ether oxygens (including phenoxy) is 2. The summed E-state index contributed by atoms with van der Waals surface area (Å²) in [7, 11) is 3.24. The molecule has 1 amide bonds. The summed E-state index contributed by atoms with van der Waals surface area (Å²) in [6.07, 6.45) is 0.775. The maximum atomic E-state index is 13.0. The van der Waals surface area contributed by atoms with Gasteiger partial charge in [-0.25, -0.2) is 0 Å². The molecular weight excluding hydrogens is 442 g/mol. The number of nitrogens with one attached hydrogen (secondary N) is 1. The van der Waals surface area contributed by atoms with E-state index in [2.05, 4.69) is 17.4 Å². The molecule has 1 aromatic heterocycles. The van der Waals surface area contributed by atoms with E-state index >= 15 is 0 Å². The van der Waals surface area contributed by atoms with E-state index in [1.165, 1.54) is 16.9 Å². The van der Waals surface area contributed by atoms with Crippen LogP contribution in [0.3, 0.4) is 0 Å². The van der Waals surface area contributed by atoms with E-state index in [4.69, 9.17) is 21.1 Å². The Morgan fingerprint density at radius 1 is 0.969 bits per heavy atom. The lowest BCUT2D eigenvalue weighted by molar-refractivity contribution is 0.0955. The molecule has 164 valence electrons. The molecule has 0 saturated carbocycles. The highest BCUT2D eigenvalue weighted by Crippen LogP contribution is 2.35. The summed E-state index contributed by atoms with van der Waals surface area (Å²) in [4.78, 5) is 13.6. The first kappa shape index (κ1) is 22.2. The van der Waals surface area contributed by atoms with Crippen molar-refractivity contribution in [1.82, 2.24) is 5.32 Å². The molecule has 4 rings (SSSR count). The molecule has 0 saturated heterocycles. The number of fused-ring (bicyclic) bond motifs is 1. The molecule has 0 spiro atoms. The average Bonchev–Trinajstić information content (AvgIpc) is 3.18. The van der Waals surface area contributed by atoms with Gasteiger partial charge in [0.2, 0.25) is 0 Å². The van der Waals surface area contributed by atoms with Crippen LogP contribution >= 0.6 is 22.9 Å². The normalized spacial score (nSPS) is 11.8. The first-order chi connectivity index (χ1) is 15.6. The van der Waals surface area contributed by atoms with Gasteiger partial charge < -0.3 is 14.8 Å². The van der Waals surface area contributed by atoms with Crippen molar-refractivity contribution in [3.8, 4) is 11.5 Å². The summed E-state index contributed by atoms with van der Waals surface area (Å²) < 4.78 is 11.9. The maximum absolute atomic E-state index is 13.0. The summed E-state index contributed by atoms with van der Waals surface area (Å²) in [6.45, 7) is 0.466. The number of thiophene rings is 1. The Bertz CT molecular complexity index is 1220. The number of amides is 1. The minimum atomic E-state index is -0.158. The summed E-state index contributed by atoms with van der Waals surface area (Å²) in [5.74, 6) is 1.24. The molecule has 0 unspecified atom stereocenters. The van der Waals surface area contributed by atoms with E-state index < -0.39 is 0 Å². The molecule has 0 bridgehead atoms. The molecule has 3 aromatic carbocycles. The van der Waals surface area contributed by atoms with Gasteiger partial charge in [-0.15, -0.1) is 11.3 Å². The minimum Gasteiger partial charge on any atom is -0.493 e. The third-order valence-electron chi connectivity index (χ3n) is 5.45. The topological polar surface area (TPSA) is 47.6 Å². The Labute approximate surface area is 196 Å². The molecule has 4 aromatic rings. The van der Waals surface area contributed by atoms with Crippen LogP contribution in [0, 0.1) is 0 Å². The van der Waals surface area contributed by atoms with Gasteiger partial charge >= 0.3 is 0 Å². The molecule has 1 N–H and O–H groups in total. The first-order valence-electron chi connectivity index (χ1n) is 10.3. The lowest BCUT2D eigenvalue weighted by atomic mass is 9.91. The number of benzene rings is 3. The Morgan fingerprint density at radius 2 is 1.69 bits per heavy atom. The fourth-order valence-electron chi connectivity index (χ4n) is 3.77. The Balaban J connectivity index is 1.58. The van der Waals surface area contributed by atoms with Gasteiger partial charge in [-0.1, -0.05) is 66.2 Å². The number of halogens is 1. The lowest BCUT2D eigenvalue weighted by Gasteiger charge is -2.20. The monoisotopic (exact) mass is 465 g/mol. The zero-order valence-electron chi connectivity index (χ0n) is 17.9. The van der Waals surface area contributed by atoms with Crippen LogP contribution in [-0.2, 0) is 6.42 Å². The van der Waals surface area contributed by atoms with Crippen LogP contribution in [0.15, 0.2) is 72.8 Å². The van der Waals surface area contributed by atoms with Gasteiger partial charge in [-0.3, -0.25) is 4.79 Å². The van der Waals surface area contributed by atoms with Crippen molar-refractivity contribution < 1.29 is 14.3 Å². The molecule has 1 atom stereocenters. The minimum absolute atomic E-state index is 0.0503. The van der Waals surface area contributed by atoms with Gasteiger partial charge in [0.15, 0.2) is 11.5 Å². The van der Waals surface area contributed by atoms with Gasteiger partial charge in [0.1, 0.15) is 4.88 Å². The number of methoxy groups -OCH3 is 2. The predicted octanol–water partition coefficient (Wildman–Crippen LogP) is 6.33. The summed E-state index contributed by atoms with van der Waals surface area (Å²) >= 11 is 7.92. The fraction of sp³-hybridized carbons (Fsp3) is 0.192. The molecule has 4 nitrogen and oxygen atoms in total. The molecule has 0 aliphatic heterocycles. The second kappa shape index (κ2) is 10.1. The largest absolute Gasteiger partial charge is 0.493 e. The van der Waals surface area contributed by atoms with Gasteiger partial charge in [0, 0.05) is 22.5 Å². The highest BCUT2D eigenvalue weighted by molar-refractivity contribution is 7.21. The molecular formula is C26H24ClNO3S. The van der Waals surface area contributed by atoms with Crippen molar-refractivity contribution in [2.45, 2.75) is 12.3 Å². The Morgan fingerprint density at radius 3 is 2.41 bits per heavy atom. The highest BCUT2D eigenvalue weighted by Gasteiger charge is 2.20. The molecule has 0 aliphatic rings. The SMILES string of the molecule is COc1ccc([C@@H](CNC(=O)c2sc3ccccc3c2Cl)Cc2ccccc2)cc1OC. The van der Waals surface area contributed by atoms with E-state index in [1.807, 2.05) is 60.7 Å². The lowest BCUT2D eigenvalue weighted by Crippen LogP contribution is -2.29. The predicted molar refractivity (Wildman–Crippen MR) is 132 cm³/mol. The maximum Gasteiger partial charge on any atom is 0.262 e. The van der Waals surface area contributed by atoms with Gasteiger partial charge in [-0.05, 0) is 35.7 Å². The van der Waals surface area contributed by atoms with Crippen LogP contribution < -0.4 is 14.8 Å². The van der Waals surface area contributed by atoms with Crippen molar-refractivity contribution in [3.05, 3.63) is 93.8 Å². The Kier molecular flexibility index (Phi) is 6.98. The summed E-state index contributed by atoms with van der Waals surface area (Å²) in [5, 5.41) is 4.52. The van der Waals surface area contributed by atoms with Gasteiger partial charge in [0.05, 0.1) is 19.2 Å². The van der Waals surface area contributed by atoms with Crippen molar-refractivity contribution in [2.75, 3.05) is 20.8 Å². The van der Waals surface area contributed by atoms with Crippen LogP contribution in [0.1, 0.15) is 26.7 Å². The molecule has 32 heavy (non-hydrogen) atoms. The fourth-order valence-corrected chi connectivity index (χ4v) is 5.20. The first-order valence-corrected chi connectivity index (χ1v) is 11.5. The number of carbonyl (C=O) groups is 1. The molecule has 1 heterocycles. The standard InChI is InChI=1S/C26H24ClNO3S/c1-30-21-13-12-18(15-22(21)31-2)19(14-17-8-4-3-5-9-17)16-28-26(29)25-24(27)20-10-6-7-11-23(20)32-25/h3-13,15,19H,14,16H2,1-2H3,(H,28,29)/t19-/m1/s1. The Hall–Kier alpha value is -3.02. The van der Waals surface area contributed by atoms with E-state index in [9.17, 15) is 4.79 Å². The van der Waals surface area contributed by atoms with Crippen LogP contribution in [0.4, 0.5) is 0 Å². The van der Waals surface area contributed by atoms with Gasteiger partial charge in [0.25, 0.3) is 5.91 Å². The smallest absolute Gasteiger partial charge is 0.262 e. The number of hydrogen-bond donors (Lipinski definition) is 1. The van der Waals surface area contributed by atoms with Crippen molar-refractivity contribution >= 4 is 38.9 Å². The van der Waals surface area contributed by atoms with Crippen molar-refractivity contribution in [2.24, 2.45) is 0 Å². The van der Waals surface area contributed by atoms with Crippen LogP contribution in [0.2, 0.25) is 5.02 Å². The molecule has 0 aliphatic carbocycles. The van der Waals surface area contributed by atoms with Crippen LogP contribution in [-0.4, -0.2) is 26.7 Å². The summed E-state index contributed by atoms with van der Waals surface area (Å²) in [5.41, 5.74) is 2.26. The average molecular weight is 466 g/mol. The highest BCUT2D eigenvalue weighted by atomic mass is 35.5. The van der Waals surface area contributed by atoms with Crippen molar-refractivity contribution in [1.29, 1.82) is 0 Å². The summed E-state index contributed by atoms with van der Waals surface area (Å²) in [6, 6.07) is 23.9.